The summed E-state index contributed by atoms with van der Waals surface area (Å²) in [6, 6.07) is 8.83. The second-order valence-electron chi connectivity index (χ2n) is 7.13. The number of fused-ring (bicyclic) bond motifs is 1. The Morgan fingerprint density at radius 3 is 2.53 bits per heavy atom. The lowest BCUT2D eigenvalue weighted by molar-refractivity contribution is 0.101. The van der Waals surface area contributed by atoms with Crippen LogP contribution in [0.25, 0.3) is 22.2 Å². The van der Waals surface area contributed by atoms with Gasteiger partial charge in [-0.25, -0.2) is 13.8 Å². The number of carbonyl (C=O) groups is 1. The second-order valence-corrected chi connectivity index (χ2v) is 7.54. The quantitative estimate of drug-likeness (QED) is 0.438. The first kappa shape index (κ1) is 18.7. The smallest absolute Gasteiger partial charge is 0.262 e. The van der Waals surface area contributed by atoms with Crippen molar-refractivity contribution in [2.24, 2.45) is 0 Å². The van der Waals surface area contributed by atoms with Gasteiger partial charge in [-0.15, -0.1) is 0 Å². The minimum Gasteiger partial charge on any atom is -0.461 e. The zero-order valence-corrected chi connectivity index (χ0v) is 16.2. The number of benzene rings is 2. The predicted molar refractivity (Wildman–Crippen MR) is 109 cm³/mol. The number of hydrogen-bond acceptors (Lipinski definition) is 4. The summed E-state index contributed by atoms with van der Waals surface area (Å²) in [4.78, 5) is 20.6. The highest BCUT2D eigenvalue weighted by molar-refractivity contribution is 6.34. The van der Waals surface area contributed by atoms with Gasteiger partial charge in [-0.3, -0.25) is 9.78 Å². The van der Waals surface area contributed by atoms with Crippen molar-refractivity contribution in [3.8, 4) is 11.3 Å². The highest BCUT2D eigenvalue weighted by atomic mass is 35.5. The van der Waals surface area contributed by atoms with E-state index in [4.69, 9.17) is 16.0 Å². The van der Waals surface area contributed by atoms with Crippen molar-refractivity contribution in [3.63, 3.8) is 0 Å². The Labute approximate surface area is 174 Å². The monoisotopic (exact) mass is 425 g/mol. The number of hydrogen-bond donors (Lipinski definition) is 1. The van der Waals surface area contributed by atoms with Crippen LogP contribution in [0.15, 0.2) is 53.2 Å². The molecule has 1 amide bonds. The Morgan fingerprint density at radius 1 is 1.10 bits per heavy atom. The summed E-state index contributed by atoms with van der Waals surface area (Å²) in [5.74, 6) is -1.36. The van der Waals surface area contributed by atoms with Crippen LogP contribution in [-0.4, -0.2) is 15.9 Å². The number of halogens is 3. The number of furan rings is 1. The molecular formula is C22H14ClF2N3O2. The third-order valence-electron chi connectivity index (χ3n) is 4.96. The van der Waals surface area contributed by atoms with Crippen LogP contribution in [0.2, 0.25) is 5.02 Å². The van der Waals surface area contributed by atoms with Gasteiger partial charge in [-0.05, 0) is 43.2 Å². The number of nitrogens with one attached hydrogen (secondary N) is 1. The molecule has 150 valence electrons. The summed E-state index contributed by atoms with van der Waals surface area (Å²) < 4.78 is 33.4. The van der Waals surface area contributed by atoms with Crippen LogP contribution in [0.1, 0.15) is 34.9 Å². The molecule has 0 atom stereocenters. The van der Waals surface area contributed by atoms with Crippen LogP contribution in [0.3, 0.4) is 0 Å². The lowest BCUT2D eigenvalue weighted by Gasteiger charge is -2.08. The van der Waals surface area contributed by atoms with E-state index in [-0.39, 0.29) is 5.82 Å². The van der Waals surface area contributed by atoms with E-state index in [1.54, 1.807) is 6.07 Å². The van der Waals surface area contributed by atoms with Crippen molar-refractivity contribution in [1.82, 2.24) is 9.97 Å². The van der Waals surface area contributed by atoms with Crippen LogP contribution in [0.5, 0.6) is 0 Å². The first-order valence-electron chi connectivity index (χ1n) is 9.30. The predicted octanol–water partition coefficient (Wildman–Crippen LogP) is 5.95. The Bertz CT molecular complexity index is 1260. The van der Waals surface area contributed by atoms with Crippen LogP contribution in [0.4, 0.5) is 14.6 Å². The zero-order valence-electron chi connectivity index (χ0n) is 15.5. The van der Waals surface area contributed by atoms with E-state index in [2.05, 4.69) is 15.3 Å². The summed E-state index contributed by atoms with van der Waals surface area (Å²) in [7, 11) is 0. The molecule has 0 bridgehead atoms. The molecule has 2 aromatic carbocycles. The summed E-state index contributed by atoms with van der Waals surface area (Å²) in [6.45, 7) is 0. The molecule has 30 heavy (non-hydrogen) atoms. The molecule has 8 heteroatoms. The van der Waals surface area contributed by atoms with Gasteiger partial charge in [0.15, 0.2) is 5.82 Å². The highest BCUT2D eigenvalue weighted by Crippen LogP contribution is 2.43. The molecule has 0 aliphatic heterocycles. The second kappa shape index (κ2) is 7.18. The Balaban J connectivity index is 1.41. The molecular weight excluding hydrogens is 412 g/mol. The topological polar surface area (TPSA) is 68.0 Å². The van der Waals surface area contributed by atoms with Crippen molar-refractivity contribution in [1.29, 1.82) is 0 Å². The number of anilines is 1. The van der Waals surface area contributed by atoms with Crippen LogP contribution >= 0.6 is 11.6 Å². The van der Waals surface area contributed by atoms with E-state index in [9.17, 15) is 13.6 Å². The van der Waals surface area contributed by atoms with Crippen LogP contribution in [-0.2, 0) is 0 Å². The van der Waals surface area contributed by atoms with Gasteiger partial charge in [-0.2, -0.15) is 0 Å². The van der Waals surface area contributed by atoms with E-state index in [1.165, 1.54) is 18.5 Å². The highest BCUT2D eigenvalue weighted by Gasteiger charge is 2.27. The van der Waals surface area contributed by atoms with E-state index in [1.807, 2.05) is 12.1 Å². The third-order valence-corrected chi connectivity index (χ3v) is 5.28. The van der Waals surface area contributed by atoms with E-state index in [0.29, 0.717) is 27.8 Å². The van der Waals surface area contributed by atoms with Crippen molar-refractivity contribution in [3.05, 3.63) is 76.8 Å². The fourth-order valence-electron chi connectivity index (χ4n) is 3.27. The van der Waals surface area contributed by atoms with Crippen LogP contribution < -0.4 is 5.32 Å². The number of amides is 1. The van der Waals surface area contributed by atoms with Gasteiger partial charge in [0.25, 0.3) is 5.91 Å². The minimum atomic E-state index is -0.957. The minimum absolute atomic E-state index is 0.0534. The standard InChI is InChI=1S/C22H14ClF2N3O2/c23-14-6-12-7-18(11-4-5-11)30-19(12)8-13(14)17-9-27-20(10-26-17)28-22(29)21-15(24)2-1-3-16(21)25/h1-3,6-11H,4-5H2,(H,27,28,29). The summed E-state index contributed by atoms with van der Waals surface area (Å²) in [5, 5.41) is 3.76. The first-order valence-corrected chi connectivity index (χ1v) is 9.68. The molecule has 1 N–H and O–H groups in total. The number of rotatable bonds is 4. The molecule has 1 aliphatic carbocycles. The van der Waals surface area contributed by atoms with Gasteiger partial charge in [0.1, 0.15) is 28.5 Å². The van der Waals surface area contributed by atoms with E-state index >= 15 is 0 Å². The van der Waals surface area contributed by atoms with Gasteiger partial charge >= 0.3 is 0 Å². The van der Waals surface area contributed by atoms with Gasteiger partial charge in [0.05, 0.1) is 23.1 Å². The van der Waals surface area contributed by atoms with Gasteiger partial charge < -0.3 is 9.73 Å². The Morgan fingerprint density at radius 2 is 1.87 bits per heavy atom. The SMILES string of the molecule is O=C(Nc1cnc(-c2cc3oc(C4CC4)cc3cc2Cl)cn1)c1c(F)cccc1F. The van der Waals surface area contributed by atoms with E-state index < -0.39 is 23.1 Å². The van der Waals surface area contributed by atoms with Crippen molar-refractivity contribution in [2.75, 3.05) is 5.32 Å². The Hall–Kier alpha value is -3.32. The molecule has 4 aromatic rings. The molecule has 5 rings (SSSR count). The van der Waals surface area contributed by atoms with Crippen molar-refractivity contribution >= 4 is 34.3 Å². The van der Waals surface area contributed by atoms with Gasteiger partial charge in [0, 0.05) is 16.9 Å². The fraction of sp³-hybridized carbons (Fsp3) is 0.136. The summed E-state index contributed by atoms with van der Waals surface area (Å²) in [6.07, 6.45) is 4.99. The van der Waals surface area contributed by atoms with Crippen LogP contribution in [0, 0.1) is 11.6 Å². The number of carbonyl (C=O) groups excluding carboxylic acids is 1. The van der Waals surface area contributed by atoms with Gasteiger partial charge in [-0.1, -0.05) is 17.7 Å². The van der Waals surface area contributed by atoms with Gasteiger partial charge in [0.2, 0.25) is 0 Å². The lowest BCUT2D eigenvalue weighted by atomic mass is 10.1. The average molecular weight is 426 g/mol. The number of aromatic nitrogens is 2. The molecule has 0 unspecified atom stereocenters. The number of nitrogens with zero attached hydrogens (tertiary/aromatic N) is 2. The normalized spacial score (nSPS) is 13.6. The summed E-state index contributed by atoms with van der Waals surface area (Å²) >= 11 is 6.42. The van der Waals surface area contributed by atoms with E-state index in [0.717, 1.165) is 36.1 Å². The summed E-state index contributed by atoms with van der Waals surface area (Å²) in [5.41, 5.74) is 1.14. The maximum Gasteiger partial charge on any atom is 0.262 e. The molecule has 1 saturated carbocycles. The first-order chi connectivity index (χ1) is 14.5. The van der Waals surface area contributed by atoms with Crippen molar-refractivity contribution in [2.45, 2.75) is 18.8 Å². The molecule has 0 saturated heterocycles. The molecule has 1 aliphatic rings. The third kappa shape index (κ3) is 3.41. The molecule has 1 fully saturated rings. The molecule has 2 heterocycles. The maximum absolute atomic E-state index is 13.8. The lowest BCUT2D eigenvalue weighted by Crippen LogP contribution is -2.16. The molecule has 0 radical (unpaired) electrons. The molecule has 0 spiro atoms. The molecule has 2 aromatic heterocycles. The fourth-order valence-corrected chi connectivity index (χ4v) is 3.54. The zero-order chi connectivity index (χ0) is 20.8. The maximum atomic E-state index is 13.8. The molecule has 5 nitrogen and oxygen atoms in total. The van der Waals surface area contributed by atoms with Crippen molar-refractivity contribution < 1.29 is 18.0 Å². The average Bonchev–Trinajstić information content (AvgIpc) is 3.48. The Kier molecular flexibility index (Phi) is 4.47. The largest absolute Gasteiger partial charge is 0.461 e.